The van der Waals surface area contributed by atoms with Crippen molar-refractivity contribution in [1.29, 1.82) is 0 Å². The second-order valence-corrected chi connectivity index (χ2v) is 9.43. The summed E-state index contributed by atoms with van der Waals surface area (Å²) in [5.41, 5.74) is 1.98. The fourth-order valence-electron chi connectivity index (χ4n) is 3.56. The van der Waals surface area contributed by atoms with E-state index >= 15 is 0 Å². The van der Waals surface area contributed by atoms with Crippen LogP contribution >= 0.6 is 23.5 Å². The number of aliphatic imine (C=N–C) groups is 2. The third-order valence-corrected chi connectivity index (χ3v) is 7.32. The summed E-state index contributed by atoms with van der Waals surface area (Å²) in [5, 5.41) is 1.50. The molecule has 0 spiro atoms. The van der Waals surface area contributed by atoms with Crippen LogP contribution in [0.1, 0.15) is 11.1 Å². The Morgan fingerprint density at radius 3 is 1.38 bits per heavy atom. The van der Waals surface area contributed by atoms with E-state index in [1.165, 1.54) is 23.5 Å². The second-order valence-electron chi connectivity index (χ2n) is 7.42. The van der Waals surface area contributed by atoms with Crippen molar-refractivity contribution in [1.82, 2.24) is 9.80 Å². The van der Waals surface area contributed by atoms with E-state index in [-0.39, 0.29) is 11.8 Å². The Bertz CT molecular complexity index is 1070. The van der Waals surface area contributed by atoms with E-state index in [4.69, 9.17) is 0 Å². The van der Waals surface area contributed by atoms with Gasteiger partial charge in [-0.05, 0) is 46.8 Å². The maximum atomic E-state index is 12.3. The molecule has 6 nitrogen and oxygen atoms in total. The lowest BCUT2D eigenvalue weighted by molar-refractivity contribution is -0.114. The Morgan fingerprint density at radius 2 is 1.00 bits per heavy atom. The Labute approximate surface area is 194 Å². The third kappa shape index (κ3) is 4.56. The average molecular weight is 461 g/mol. The number of hydrogen-bond donors (Lipinski definition) is 0. The van der Waals surface area contributed by atoms with E-state index in [9.17, 15) is 9.59 Å². The Morgan fingerprint density at radius 1 is 0.625 bits per heavy atom. The standard InChI is InChI=1S/C24H20N4O2S2/c29-21-19(15-17-7-3-1-4-8-17)31-23(25-21)27-11-13-28(14-12-27)24-26-22(30)20(32-24)16-18-9-5-2-6-10-18/h1-10,15-16H,11-14H2. The lowest BCUT2D eigenvalue weighted by Crippen LogP contribution is -2.49. The molecular formula is C24H20N4O2S2. The van der Waals surface area contributed by atoms with E-state index in [1.54, 1.807) is 0 Å². The van der Waals surface area contributed by atoms with Crippen molar-refractivity contribution in [3.63, 3.8) is 0 Å². The van der Waals surface area contributed by atoms with Crippen LogP contribution in [0.2, 0.25) is 0 Å². The number of nitrogens with zero attached hydrogens (tertiary/aromatic N) is 4. The van der Waals surface area contributed by atoms with Crippen LogP contribution in [0.3, 0.4) is 0 Å². The summed E-state index contributed by atoms with van der Waals surface area (Å²) in [7, 11) is 0. The molecule has 0 aliphatic carbocycles. The highest BCUT2D eigenvalue weighted by atomic mass is 32.2. The van der Waals surface area contributed by atoms with Crippen molar-refractivity contribution >= 4 is 57.8 Å². The first-order chi connectivity index (χ1) is 15.7. The van der Waals surface area contributed by atoms with Crippen LogP contribution in [0, 0.1) is 0 Å². The Hall–Kier alpha value is -3.10. The van der Waals surface area contributed by atoms with Gasteiger partial charge in [-0.1, -0.05) is 60.7 Å². The summed E-state index contributed by atoms with van der Waals surface area (Å²) in [6.45, 7) is 2.90. The lowest BCUT2D eigenvalue weighted by Gasteiger charge is -2.35. The Balaban J connectivity index is 1.19. The summed E-state index contributed by atoms with van der Waals surface area (Å²) in [4.78, 5) is 38.8. The minimum Gasteiger partial charge on any atom is -0.347 e. The largest absolute Gasteiger partial charge is 0.347 e. The Kier molecular flexibility index (Phi) is 5.96. The monoisotopic (exact) mass is 460 g/mol. The van der Waals surface area contributed by atoms with Crippen molar-refractivity contribution in [2.45, 2.75) is 0 Å². The number of hydrogen-bond acceptors (Lipinski definition) is 6. The van der Waals surface area contributed by atoms with Gasteiger partial charge < -0.3 is 9.80 Å². The van der Waals surface area contributed by atoms with Crippen molar-refractivity contribution in [2.24, 2.45) is 9.98 Å². The fraction of sp³-hybridized carbons (Fsp3) is 0.167. The first-order valence-corrected chi connectivity index (χ1v) is 11.9. The number of amides is 2. The SMILES string of the molecule is O=C1N=C(N2CCN(C3=NC(=O)C(=Cc4ccccc4)S3)CC2)SC1=Cc1ccccc1. The molecule has 2 aromatic carbocycles. The van der Waals surface area contributed by atoms with Crippen LogP contribution < -0.4 is 0 Å². The summed E-state index contributed by atoms with van der Waals surface area (Å²) >= 11 is 2.85. The van der Waals surface area contributed by atoms with E-state index < -0.39 is 0 Å². The van der Waals surface area contributed by atoms with Gasteiger partial charge in [0.1, 0.15) is 0 Å². The zero-order valence-corrected chi connectivity index (χ0v) is 18.8. The summed E-state index contributed by atoms with van der Waals surface area (Å²) in [6, 6.07) is 19.6. The summed E-state index contributed by atoms with van der Waals surface area (Å²) < 4.78 is 0. The molecule has 2 amide bonds. The van der Waals surface area contributed by atoms with Crippen molar-refractivity contribution in [2.75, 3.05) is 26.2 Å². The molecule has 2 aromatic rings. The molecule has 1 fully saturated rings. The molecule has 0 bridgehead atoms. The molecule has 32 heavy (non-hydrogen) atoms. The van der Waals surface area contributed by atoms with E-state index in [1.807, 2.05) is 72.8 Å². The van der Waals surface area contributed by atoms with Crippen molar-refractivity contribution < 1.29 is 9.59 Å². The number of piperazine rings is 1. The van der Waals surface area contributed by atoms with Gasteiger partial charge in [0.25, 0.3) is 11.8 Å². The summed E-state index contributed by atoms with van der Waals surface area (Å²) in [5.74, 6) is -0.374. The first-order valence-electron chi connectivity index (χ1n) is 10.3. The second kappa shape index (κ2) is 9.18. The maximum absolute atomic E-state index is 12.3. The van der Waals surface area contributed by atoms with E-state index in [2.05, 4.69) is 19.8 Å². The van der Waals surface area contributed by atoms with Crippen molar-refractivity contribution in [3.8, 4) is 0 Å². The van der Waals surface area contributed by atoms with Crippen LogP contribution in [0.25, 0.3) is 12.2 Å². The number of carbonyl (C=O) groups excluding carboxylic acids is 2. The van der Waals surface area contributed by atoms with Crippen LogP contribution in [0.5, 0.6) is 0 Å². The van der Waals surface area contributed by atoms with Gasteiger partial charge in [-0.2, -0.15) is 9.98 Å². The molecule has 3 aliphatic heterocycles. The van der Waals surface area contributed by atoms with Crippen LogP contribution in [-0.4, -0.2) is 58.1 Å². The predicted molar refractivity (Wildman–Crippen MR) is 132 cm³/mol. The number of thioether (sulfide) groups is 2. The van der Waals surface area contributed by atoms with Crippen molar-refractivity contribution in [3.05, 3.63) is 81.6 Å². The van der Waals surface area contributed by atoms with Gasteiger partial charge in [0, 0.05) is 26.2 Å². The minimum atomic E-state index is -0.187. The molecule has 0 saturated carbocycles. The molecule has 0 unspecified atom stereocenters. The fourth-order valence-corrected chi connectivity index (χ4v) is 5.49. The number of rotatable bonds is 2. The zero-order chi connectivity index (χ0) is 21.9. The molecule has 8 heteroatoms. The number of carbonyl (C=O) groups is 2. The number of amidine groups is 2. The van der Waals surface area contributed by atoms with Crippen LogP contribution in [0.15, 0.2) is 80.5 Å². The molecule has 160 valence electrons. The highest BCUT2D eigenvalue weighted by molar-refractivity contribution is 8.18. The molecule has 1 saturated heterocycles. The molecule has 0 atom stereocenters. The summed E-state index contributed by atoms with van der Waals surface area (Å²) in [6.07, 6.45) is 3.77. The highest BCUT2D eigenvalue weighted by Gasteiger charge is 2.32. The maximum Gasteiger partial charge on any atom is 0.286 e. The zero-order valence-electron chi connectivity index (χ0n) is 17.2. The van der Waals surface area contributed by atoms with Crippen LogP contribution in [0.4, 0.5) is 0 Å². The molecular weight excluding hydrogens is 440 g/mol. The molecule has 0 aromatic heterocycles. The number of benzene rings is 2. The third-order valence-electron chi connectivity index (χ3n) is 5.23. The van der Waals surface area contributed by atoms with Gasteiger partial charge in [-0.15, -0.1) is 0 Å². The molecule has 0 N–H and O–H groups in total. The van der Waals surface area contributed by atoms with Gasteiger partial charge in [0.15, 0.2) is 10.3 Å². The highest BCUT2D eigenvalue weighted by Crippen LogP contribution is 2.33. The van der Waals surface area contributed by atoms with E-state index in [0.29, 0.717) is 9.81 Å². The van der Waals surface area contributed by atoms with Crippen LogP contribution in [-0.2, 0) is 9.59 Å². The van der Waals surface area contributed by atoms with Gasteiger partial charge in [-0.25, -0.2) is 0 Å². The smallest absolute Gasteiger partial charge is 0.286 e. The predicted octanol–water partition coefficient (Wildman–Crippen LogP) is 3.95. The van der Waals surface area contributed by atoms with Gasteiger partial charge in [-0.3, -0.25) is 9.59 Å². The molecule has 5 rings (SSSR count). The normalized spacial score (nSPS) is 21.5. The van der Waals surface area contributed by atoms with Gasteiger partial charge >= 0.3 is 0 Å². The van der Waals surface area contributed by atoms with Gasteiger partial charge in [0.2, 0.25) is 0 Å². The van der Waals surface area contributed by atoms with Gasteiger partial charge in [0.05, 0.1) is 9.81 Å². The minimum absolute atomic E-state index is 0.187. The molecule has 3 heterocycles. The lowest BCUT2D eigenvalue weighted by atomic mass is 10.2. The average Bonchev–Trinajstić information content (AvgIpc) is 3.37. The van der Waals surface area contributed by atoms with E-state index in [0.717, 1.165) is 47.6 Å². The quantitative estimate of drug-likeness (QED) is 0.633. The molecule has 0 radical (unpaired) electrons. The topological polar surface area (TPSA) is 65.3 Å². The first kappa shape index (κ1) is 20.8. The molecule has 3 aliphatic rings.